The first-order chi connectivity index (χ1) is 17.3. The molecule has 1 aliphatic heterocycles. The van der Waals surface area contributed by atoms with Crippen LogP contribution in [0.4, 0.5) is 14.9 Å². The Morgan fingerprint density at radius 1 is 1.08 bits per heavy atom. The minimum Gasteiger partial charge on any atom is -0.467 e. The van der Waals surface area contributed by atoms with Crippen LogP contribution in [0.25, 0.3) is 0 Å². The Morgan fingerprint density at radius 2 is 1.86 bits per heavy atom. The zero-order chi connectivity index (χ0) is 25.7. The van der Waals surface area contributed by atoms with Crippen LogP contribution < -0.4 is 10.6 Å². The van der Waals surface area contributed by atoms with E-state index in [-0.39, 0.29) is 24.9 Å². The first-order valence-corrected chi connectivity index (χ1v) is 11.7. The Bertz CT molecular complexity index is 1210. The molecule has 1 saturated heterocycles. The fourth-order valence-corrected chi connectivity index (χ4v) is 4.06. The number of hydrogen-bond donors (Lipinski definition) is 2. The van der Waals surface area contributed by atoms with Gasteiger partial charge < -0.3 is 19.8 Å². The molecule has 2 heterocycles. The predicted octanol–water partition coefficient (Wildman–Crippen LogP) is 4.78. The van der Waals surface area contributed by atoms with Crippen molar-refractivity contribution >= 4 is 23.6 Å². The molecular formula is C27H28FN3O5. The smallest absolute Gasteiger partial charge is 0.411 e. The van der Waals surface area contributed by atoms with E-state index < -0.39 is 30.0 Å². The summed E-state index contributed by atoms with van der Waals surface area (Å²) in [6.45, 7) is 4.10. The molecule has 188 valence electrons. The molecule has 1 aliphatic rings. The van der Waals surface area contributed by atoms with Gasteiger partial charge in [0, 0.05) is 12.1 Å². The summed E-state index contributed by atoms with van der Waals surface area (Å²) in [6, 6.07) is 15.0. The van der Waals surface area contributed by atoms with E-state index in [4.69, 9.17) is 9.15 Å². The van der Waals surface area contributed by atoms with Crippen LogP contribution in [0.2, 0.25) is 0 Å². The summed E-state index contributed by atoms with van der Waals surface area (Å²) < 4.78 is 24.3. The molecule has 1 fully saturated rings. The second-order valence-electron chi connectivity index (χ2n) is 9.07. The molecule has 4 rings (SSSR count). The SMILES string of the molecule is CC(C)CC(=O)Nc1cccc(C2OC(=O)N(Cc3ccc(F)cc3)C2C(=O)NCc2ccco2)c1. The molecule has 1 aromatic heterocycles. The van der Waals surface area contributed by atoms with E-state index in [1.54, 1.807) is 48.5 Å². The lowest BCUT2D eigenvalue weighted by atomic mass is 10.00. The third kappa shape index (κ3) is 6.10. The Morgan fingerprint density at radius 3 is 2.56 bits per heavy atom. The van der Waals surface area contributed by atoms with Crippen LogP contribution in [-0.4, -0.2) is 28.8 Å². The number of benzene rings is 2. The minimum atomic E-state index is -1.00. The van der Waals surface area contributed by atoms with Gasteiger partial charge >= 0.3 is 6.09 Å². The molecule has 36 heavy (non-hydrogen) atoms. The fraction of sp³-hybridized carbons (Fsp3) is 0.296. The largest absolute Gasteiger partial charge is 0.467 e. The lowest BCUT2D eigenvalue weighted by molar-refractivity contribution is -0.126. The van der Waals surface area contributed by atoms with Gasteiger partial charge in [0.2, 0.25) is 11.8 Å². The third-order valence-electron chi connectivity index (χ3n) is 5.73. The van der Waals surface area contributed by atoms with Crippen molar-refractivity contribution in [1.29, 1.82) is 0 Å². The number of nitrogens with zero attached hydrogens (tertiary/aromatic N) is 1. The summed E-state index contributed by atoms with van der Waals surface area (Å²) in [4.78, 5) is 39.8. The summed E-state index contributed by atoms with van der Waals surface area (Å²) in [5.41, 5.74) is 1.75. The van der Waals surface area contributed by atoms with Crippen molar-refractivity contribution in [3.05, 3.63) is 89.6 Å². The summed E-state index contributed by atoms with van der Waals surface area (Å²) in [5, 5.41) is 5.66. The van der Waals surface area contributed by atoms with E-state index in [1.807, 2.05) is 13.8 Å². The normalized spacial score (nSPS) is 17.2. The number of carbonyl (C=O) groups is 3. The highest BCUT2D eigenvalue weighted by Gasteiger charge is 2.47. The summed E-state index contributed by atoms with van der Waals surface area (Å²) in [7, 11) is 0. The molecule has 2 atom stereocenters. The third-order valence-corrected chi connectivity index (χ3v) is 5.73. The summed E-state index contributed by atoms with van der Waals surface area (Å²) in [6.07, 6.45) is 0.284. The Balaban J connectivity index is 1.59. The van der Waals surface area contributed by atoms with Gasteiger partial charge in [0.25, 0.3) is 0 Å². The van der Waals surface area contributed by atoms with Crippen molar-refractivity contribution in [1.82, 2.24) is 10.2 Å². The molecule has 0 saturated carbocycles. The van der Waals surface area contributed by atoms with Crippen LogP contribution in [0.3, 0.4) is 0 Å². The van der Waals surface area contributed by atoms with Gasteiger partial charge in [0.1, 0.15) is 11.6 Å². The number of ether oxygens (including phenoxy) is 1. The van der Waals surface area contributed by atoms with E-state index >= 15 is 0 Å². The maximum absolute atomic E-state index is 13.4. The quantitative estimate of drug-likeness (QED) is 0.447. The van der Waals surface area contributed by atoms with Gasteiger partial charge in [-0.15, -0.1) is 0 Å². The van der Waals surface area contributed by atoms with E-state index in [2.05, 4.69) is 10.6 Å². The van der Waals surface area contributed by atoms with Gasteiger partial charge in [-0.1, -0.05) is 38.1 Å². The number of carbonyl (C=O) groups excluding carboxylic acids is 3. The summed E-state index contributed by atoms with van der Waals surface area (Å²) in [5.74, 6) is -0.198. The lowest BCUT2D eigenvalue weighted by Crippen LogP contribution is -2.46. The average Bonchev–Trinajstić information content (AvgIpc) is 3.47. The standard InChI is InChI=1S/C27H28FN3O5/c1-17(2)13-23(32)30-21-6-3-5-19(14-21)25-24(26(33)29-15-22-7-4-12-35-22)31(27(34)36-25)16-18-8-10-20(28)11-9-18/h3-12,14,17,24-25H,13,15-16H2,1-2H3,(H,29,33)(H,30,32). The van der Waals surface area contributed by atoms with Gasteiger partial charge in [-0.3, -0.25) is 14.5 Å². The molecule has 8 nitrogen and oxygen atoms in total. The van der Waals surface area contributed by atoms with Gasteiger partial charge in [-0.2, -0.15) is 0 Å². The maximum atomic E-state index is 13.4. The molecular weight excluding hydrogens is 465 g/mol. The fourth-order valence-electron chi connectivity index (χ4n) is 4.06. The molecule has 2 unspecified atom stereocenters. The van der Waals surface area contributed by atoms with Crippen LogP contribution >= 0.6 is 0 Å². The number of halogens is 1. The van der Waals surface area contributed by atoms with E-state index in [1.165, 1.54) is 23.3 Å². The van der Waals surface area contributed by atoms with Crippen molar-refractivity contribution in [3.8, 4) is 0 Å². The van der Waals surface area contributed by atoms with Gasteiger partial charge in [0.05, 0.1) is 19.4 Å². The van der Waals surface area contributed by atoms with Crippen LogP contribution in [0.1, 0.15) is 43.3 Å². The van der Waals surface area contributed by atoms with Crippen molar-refractivity contribution in [3.63, 3.8) is 0 Å². The first kappa shape index (κ1) is 25.0. The molecule has 0 spiro atoms. The Hall–Kier alpha value is -4.14. The van der Waals surface area contributed by atoms with Crippen LogP contribution in [-0.2, 0) is 27.4 Å². The lowest BCUT2D eigenvalue weighted by Gasteiger charge is -2.24. The molecule has 2 aromatic carbocycles. The van der Waals surface area contributed by atoms with Gasteiger partial charge in [0.15, 0.2) is 12.1 Å². The highest BCUT2D eigenvalue weighted by Crippen LogP contribution is 2.35. The molecule has 0 radical (unpaired) electrons. The minimum absolute atomic E-state index is 0.0548. The van der Waals surface area contributed by atoms with Crippen molar-refractivity contribution in [2.24, 2.45) is 5.92 Å². The second kappa shape index (κ2) is 11.1. The van der Waals surface area contributed by atoms with Crippen molar-refractivity contribution < 1.29 is 27.9 Å². The summed E-state index contributed by atoms with van der Waals surface area (Å²) >= 11 is 0. The number of hydrogen-bond acceptors (Lipinski definition) is 5. The second-order valence-corrected chi connectivity index (χ2v) is 9.07. The molecule has 2 N–H and O–H groups in total. The number of anilines is 1. The Kier molecular flexibility index (Phi) is 7.68. The van der Waals surface area contributed by atoms with Crippen LogP contribution in [0.5, 0.6) is 0 Å². The maximum Gasteiger partial charge on any atom is 0.411 e. The van der Waals surface area contributed by atoms with Gasteiger partial charge in [-0.05, 0) is 53.4 Å². The topological polar surface area (TPSA) is 101 Å². The number of nitrogens with one attached hydrogen (secondary N) is 2. The number of amides is 3. The van der Waals surface area contributed by atoms with Crippen molar-refractivity contribution in [2.45, 2.75) is 45.5 Å². The molecule has 0 aliphatic carbocycles. The predicted molar refractivity (Wildman–Crippen MR) is 130 cm³/mol. The first-order valence-electron chi connectivity index (χ1n) is 11.7. The molecule has 0 bridgehead atoms. The molecule has 9 heteroatoms. The Labute approximate surface area is 208 Å². The van der Waals surface area contributed by atoms with Gasteiger partial charge in [-0.25, -0.2) is 9.18 Å². The van der Waals surface area contributed by atoms with Crippen LogP contribution in [0, 0.1) is 11.7 Å². The molecule has 3 aromatic rings. The number of rotatable bonds is 9. The van der Waals surface area contributed by atoms with Crippen LogP contribution in [0.15, 0.2) is 71.3 Å². The van der Waals surface area contributed by atoms with Crippen molar-refractivity contribution in [2.75, 3.05) is 5.32 Å². The highest BCUT2D eigenvalue weighted by atomic mass is 19.1. The van der Waals surface area contributed by atoms with E-state index in [0.717, 1.165) is 0 Å². The molecule has 3 amide bonds. The zero-order valence-electron chi connectivity index (χ0n) is 20.1. The average molecular weight is 494 g/mol. The zero-order valence-corrected chi connectivity index (χ0v) is 20.1. The monoisotopic (exact) mass is 493 g/mol. The number of cyclic esters (lactones) is 1. The van der Waals surface area contributed by atoms with E-state index in [9.17, 15) is 18.8 Å². The highest BCUT2D eigenvalue weighted by molar-refractivity contribution is 5.91. The number of furan rings is 1. The van der Waals surface area contributed by atoms with E-state index in [0.29, 0.717) is 29.0 Å².